The maximum Gasteiger partial charge on any atom is 0.294 e. The van der Waals surface area contributed by atoms with Crippen molar-refractivity contribution in [3.63, 3.8) is 0 Å². The van der Waals surface area contributed by atoms with Gasteiger partial charge < -0.3 is 14.5 Å². The van der Waals surface area contributed by atoms with E-state index in [9.17, 15) is 19.7 Å². The molecule has 126 valence electrons. The predicted octanol–water partition coefficient (Wildman–Crippen LogP) is 0.231. The van der Waals surface area contributed by atoms with Crippen LogP contribution in [0, 0.1) is 16.0 Å². The van der Waals surface area contributed by atoms with Crippen LogP contribution in [0.3, 0.4) is 0 Å². The van der Waals surface area contributed by atoms with Gasteiger partial charge in [-0.25, -0.2) is 0 Å². The van der Waals surface area contributed by atoms with Gasteiger partial charge >= 0.3 is 0 Å². The minimum atomic E-state index is -0.854. The van der Waals surface area contributed by atoms with Gasteiger partial charge in [-0.05, 0) is 6.92 Å². The summed E-state index contributed by atoms with van der Waals surface area (Å²) in [5.41, 5.74) is 0. The Morgan fingerprint density at radius 1 is 1.55 bits per heavy atom. The highest BCUT2D eigenvalue weighted by Gasteiger charge is 2.33. The van der Waals surface area contributed by atoms with Gasteiger partial charge in [-0.15, -0.1) is 10.1 Å². The number of thioether (sulfide) groups is 1. The molecule has 1 amide bonds. The molecule has 0 radical (unpaired) electrons. The third kappa shape index (κ3) is 6.16. The number of rotatable bonds is 8. The van der Waals surface area contributed by atoms with E-state index in [2.05, 4.69) is 10.2 Å². The normalized spacial score (nSPS) is 20.5. The highest BCUT2D eigenvalue weighted by Crippen LogP contribution is 2.16. The molecule has 9 nitrogen and oxygen atoms in total. The molecular formula is C12H21N3O6S. The average Bonchev–Trinajstić information content (AvgIpc) is 2.89. The number of hydrogen-bond donors (Lipinski definition) is 1. The van der Waals surface area contributed by atoms with E-state index in [0.717, 1.165) is 11.8 Å². The zero-order chi connectivity index (χ0) is 16.7. The third-order valence-electron chi connectivity index (χ3n) is 3.03. The molecule has 1 rings (SSSR count). The van der Waals surface area contributed by atoms with Crippen molar-refractivity contribution in [2.24, 2.45) is 5.92 Å². The lowest BCUT2D eigenvalue weighted by atomic mass is 10.2. The van der Waals surface area contributed by atoms with Gasteiger partial charge in [0.05, 0.1) is 6.61 Å². The van der Waals surface area contributed by atoms with Gasteiger partial charge in [0.25, 0.3) is 5.09 Å². The second kappa shape index (κ2) is 8.91. The smallest absolute Gasteiger partial charge is 0.294 e. The summed E-state index contributed by atoms with van der Waals surface area (Å²) in [4.78, 5) is 39.3. The van der Waals surface area contributed by atoms with Crippen LogP contribution in [0.5, 0.6) is 0 Å². The van der Waals surface area contributed by atoms with Crippen LogP contribution in [0.15, 0.2) is 0 Å². The molecule has 1 aliphatic heterocycles. The Balaban J connectivity index is 2.49. The zero-order valence-electron chi connectivity index (χ0n) is 12.8. The van der Waals surface area contributed by atoms with E-state index in [0.29, 0.717) is 12.4 Å². The molecule has 1 aliphatic rings. The van der Waals surface area contributed by atoms with Crippen molar-refractivity contribution in [3.05, 3.63) is 10.1 Å². The first kappa shape index (κ1) is 18.7. The van der Waals surface area contributed by atoms with Gasteiger partial charge in [0.15, 0.2) is 5.12 Å². The molecule has 0 aliphatic carbocycles. The molecule has 1 N–H and O–H groups in total. The SMILES string of the molecule is CC(=O)SCC(C)C(=O)N1COCC1NC(C)CO[N+](=O)[O-]. The van der Waals surface area contributed by atoms with Crippen LogP contribution in [0.4, 0.5) is 0 Å². The fourth-order valence-corrected chi connectivity index (χ4v) is 2.57. The van der Waals surface area contributed by atoms with Crippen molar-refractivity contribution in [2.45, 2.75) is 33.0 Å². The predicted molar refractivity (Wildman–Crippen MR) is 79.3 cm³/mol. The van der Waals surface area contributed by atoms with Crippen LogP contribution in [0.2, 0.25) is 0 Å². The summed E-state index contributed by atoms with van der Waals surface area (Å²) >= 11 is 1.11. The molecule has 10 heteroatoms. The molecule has 0 saturated carbocycles. The van der Waals surface area contributed by atoms with Gasteiger partial charge in [0.1, 0.15) is 19.5 Å². The molecule has 0 aromatic heterocycles. The Labute approximate surface area is 132 Å². The topological polar surface area (TPSA) is 111 Å². The Bertz CT molecular complexity index is 422. The standard InChI is InChI=1S/C12H21N3O6S/c1-8(6-22-10(3)16)12(17)14-7-20-5-11(14)13-9(2)4-21-15(18)19/h8-9,11,13H,4-7H2,1-3H3. The number of carbonyl (C=O) groups is 2. The van der Waals surface area contributed by atoms with Gasteiger partial charge in [-0.3, -0.25) is 14.9 Å². The van der Waals surface area contributed by atoms with Crippen molar-refractivity contribution >= 4 is 22.8 Å². The van der Waals surface area contributed by atoms with E-state index in [-0.39, 0.29) is 42.5 Å². The number of carbonyl (C=O) groups excluding carboxylic acids is 2. The number of hydrogen-bond acceptors (Lipinski definition) is 8. The second-order valence-electron chi connectivity index (χ2n) is 5.11. The van der Waals surface area contributed by atoms with Gasteiger partial charge in [0, 0.05) is 24.6 Å². The first-order valence-electron chi connectivity index (χ1n) is 6.86. The highest BCUT2D eigenvalue weighted by molar-refractivity contribution is 8.13. The minimum Gasteiger partial charge on any atom is -0.357 e. The zero-order valence-corrected chi connectivity index (χ0v) is 13.6. The van der Waals surface area contributed by atoms with Crippen molar-refractivity contribution in [2.75, 3.05) is 25.7 Å². The molecule has 0 spiro atoms. The van der Waals surface area contributed by atoms with Gasteiger partial charge in [-0.1, -0.05) is 18.7 Å². The molecule has 1 heterocycles. The van der Waals surface area contributed by atoms with Crippen LogP contribution in [0.1, 0.15) is 20.8 Å². The van der Waals surface area contributed by atoms with E-state index >= 15 is 0 Å². The molecule has 3 atom stereocenters. The van der Waals surface area contributed by atoms with E-state index in [1.165, 1.54) is 11.8 Å². The highest BCUT2D eigenvalue weighted by atomic mass is 32.2. The summed E-state index contributed by atoms with van der Waals surface area (Å²) in [7, 11) is 0. The fourth-order valence-electron chi connectivity index (χ4n) is 1.94. The Morgan fingerprint density at radius 2 is 2.23 bits per heavy atom. The van der Waals surface area contributed by atoms with Gasteiger partial charge in [-0.2, -0.15) is 0 Å². The lowest BCUT2D eigenvalue weighted by Crippen LogP contribution is -2.51. The van der Waals surface area contributed by atoms with E-state index < -0.39 is 5.09 Å². The second-order valence-corrected chi connectivity index (χ2v) is 6.31. The third-order valence-corrected chi connectivity index (χ3v) is 4.10. The molecule has 1 fully saturated rings. The monoisotopic (exact) mass is 335 g/mol. The summed E-state index contributed by atoms with van der Waals surface area (Å²) in [5.74, 6) is -0.0198. The lowest BCUT2D eigenvalue weighted by molar-refractivity contribution is -0.758. The first-order valence-corrected chi connectivity index (χ1v) is 7.84. The van der Waals surface area contributed by atoms with Crippen LogP contribution in [0.25, 0.3) is 0 Å². The maximum absolute atomic E-state index is 12.4. The largest absolute Gasteiger partial charge is 0.357 e. The van der Waals surface area contributed by atoms with Crippen LogP contribution in [-0.4, -0.2) is 58.9 Å². The molecular weight excluding hydrogens is 314 g/mol. The number of amides is 1. The number of ether oxygens (including phenoxy) is 1. The summed E-state index contributed by atoms with van der Waals surface area (Å²) in [6.07, 6.45) is -0.359. The first-order chi connectivity index (χ1) is 10.3. The van der Waals surface area contributed by atoms with E-state index in [1.807, 2.05) is 0 Å². The molecule has 0 aromatic carbocycles. The van der Waals surface area contributed by atoms with Crippen molar-refractivity contribution < 1.29 is 24.3 Å². The molecule has 3 unspecified atom stereocenters. The lowest BCUT2D eigenvalue weighted by Gasteiger charge is -2.28. The molecule has 1 saturated heterocycles. The van der Waals surface area contributed by atoms with Crippen LogP contribution < -0.4 is 5.32 Å². The molecule has 0 aromatic rings. The number of nitrogens with zero attached hydrogens (tertiary/aromatic N) is 2. The van der Waals surface area contributed by atoms with Crippen LogP contribution >= 0.6 is 11.8 Å². The fraction of sp³-hybridized carbons (Fsp3) is 0.833. The Morgan fingerprint density at radius 3 is 2.82 bits per heavy atom. The summed E-state index contributed by atoms with van der Waals surface area (Å²) < 4.78 is 5.29. The van der Waals surface area contributed by atoms with Gasteiger partial charge in [0.2, 0.25) is 5.91 Å². The van der Waals surface area contributed by atoms with Crippen molar-refractivity contribution in [3.8, 4) is 0 Å². The molecule has 22 heavy (non-hydrogen) atoms. The van der Waals surface area contributed by atoms with E-state index in [4.69, 9.17) is 4.74 Å². The van der Waals surface area contributed by atoms with Crippen molar-refractivity contribution in [1.29, 1.82) is 0 Å². The summed E-state index contributed by atoms with van der Waals surface area (Å²) in [6, 6.07) is -0.311. The maximum atomic E-state index is 12.4. The van der Waals surface area contributed by atoms with Crippen molar-refractivity contribution in [1.82, 2.24) is 10.2 Å². The summed E-state index contributed by atoms with van der Waals surface area (Å²) in [5, 5.41) is 12.3. The average molecular weight is 335 g/mol. The minimum absolute atomic E-state index is 0.0300. The summed E-state index contributed by atoms with van der Waals surface area (Å²) in [6.45, 7) is 5.30. The number of nitrogens with one attached hydrogen (secondary N) is 1. The Hall–Kier alpha value is -1.39. The van der Waals surface area contributed by atoms with Crippen LogP contribution in [-0.2, 0) is 19.2 Å². The Kier molecular flexibility index (Phi) is 7.56. The molecule has 0 bridgehead atoms. The van der Waals surface area contributed by atoms with E-state index in [1.54, 1.807) is 13.8 Å². The quantitative estimate of drug-likeness (QED) is 0.496.